The molecule has 0 saturated carbocycles. The van der Waals surface area contributed by atoms with Gasteiger partial charge in [-0.25, -0.2) is 0 Å². The first kappa shape index (κ1) is 13.3. The van der Waals surface area contributed by atoms with E-state index in [9.17, 15) is 0 Å². The SMILES string of the molecule is C=CC(C)Oc1ccc(Br)c(CNCC)c1. The molecule has 0 aliphatic rings. The van der Waals surface area contributed by atoms with Gasteiger partial charge in [-0.05, 0) is 37.2 Å². The maximum atomic E-state index is 5.67. The Morgan fingerprint density at radius 3 is 2.94 bits per heavy atom. The minimum Gasteiger partial charge on any atom is -0.487 e. The molecule has 3 heteroatoms. The zero-order valence-electron chi connectivity index (χ0n) is 9.79. The molecule has 0 radical (unpaired) electrons. The van der Waals surface area contributed by atoms with Gasteiger partial charge in [-0.3, -0.25) is 0 Å². The highest BCUT2D eigenvalue weighted by molar-refractivity contribution is 9.10. The molecule has 0 spiro atoms. The first-order valence-electron chi connectivity index (χ1n) is 5.45. The van der Waals surface area contributed by atoms with Crippen LogP contribution in [0.2, 0.25) is 0 Å². The largest absolute Gasteiger partial charge is 0.487 e. The Balaban J connectivity index is 2.76. The second-order valence-electron chi connectivity index (χ2n) is 3.59. The van der Waals surface area contributed by atoms with Crippen LogP contribution in [0.15, 0.2) is 35.3 Å². The average Bonchev–Trinajstić information content (AvgIpc) is 2.29. The van der Waals surface area contributed by atoms with Gasteiger partial charge in [0.1, 0.15) is 11.9 Å². The van der Waals surface area contributed by atoms with Crippen LogP contribution in [0.3, 0.4) is 0 Å². The summed E-state index contributed by atoms with van der Waals surface area (Å²) in [7, 11) is 0. The second kappa shape index (κ2) is 6.71. The highest BCUT2D eigenvalue weighted by Gasteiger charge is 2.04. The van der Waals surface area contributed by atoms with Crippen LogP contribution in [-0.2, 0) is 6.54 Å². The van der Waals surface area contributed by atoms with Crippen LogP contribution in [0.5, 0.6) is 5.75 Å². The number of rotatable bonds is 6. The van der Waals surface area contributed by atoms with Gasteiger partial charge in [0.05, 0.1) is 0 Å². The van der Waals surface area contributed by atoms with Crippen molar-refractivity contribution in [2.45, 2.75) is 26.5 Å². The van der Waals surface area contributed by atoms with Crippen LogP contribution in [0.25, 0.3) is 0 Å². The fourth-order valence-corrected chi connectivity index (χ4v) is 1.67. The summed E-state index contributed by atoms with van der Waals surface area (Å²) < 4.78 is 6.78. The van der Waals surface area contributed by atoms with E-state index in [4.69, 9.17) is 4.74 Å². The van der Waals surface area contributed by atoms with Crippen molar-refractivity contribution in [1.82, 2.24) is 5.32 Å². The molecule has 1 atom stereocenters. The van der Waals surface area contributed by atoms with Gasteiger partial charge in [-0.2, -0.15) is 0 Å². The minimum absolute atomic E-state index is 0.0353. The zero-order chi connectivity index (χ0) is 12.0. The van der Waals surface area contributed by atoms with E-state index in [0.717, 1.165) is 23.3 Å². The van der Waals surface area contributed by atoms with Gasteiger partial charge in [-0.15, -0.1) is 0 Å². The summed E-state index contributed by atoms with van der Waals surface area (Å²) in [6.07, 6.45) is 1.82. The lowest BCUT2D eigenvalue weighted by atomic mass is 10.2. The van der Waals surface area contributed by atoms with Crippen molar-refractivity contribution in [1.29, 1.82) is 0 Å². The number of hydrogen-bond donors (Lipinski definition) is 1. The van der Waals surface area contributed by atoms with E-state index < -0.39 is 0 Å². The number of ether oxygens (including phenoxy) is 1. The topological polar surface area (TPSA) is 21.3 Å². The van der Waals surface area contributed by atoms with Crippen molar-refractivity contribution in [3.05, 3.63) is 40.9 Å². The van der Waals surface area contributed by atoms with Crippen LogP contribution in [0.1, 0.15) is 19.4 Å². The Labute approximate surface area is 106 Å². The molecule has 0 aliphatic carbocycles. The van der Waals surface area contributed by atoms with Crippen LogP contribution in [0, 0.1) is 0 Å². The van der Waals surface area contributed by atoms with Crippen molar-refractivity contribution in [3.63, 3.8) is 0 Å². The van der Waals surface area contributed by atoms with Crippen LogP contribution in [-0.4, -0.2) is 12.6 Å². The van der Waals surface area contributed by atoms with E-state index >= 15 is 0 Å². The molecule has 2 nitrogen and oxygen atoms in total. The molecule has 1 unspecified atom stereocenters. The number of benzene rings is 1. The van der Waals surface area contributed by atoms with Crippen LogP contribution < -0.4 is 10.1 Å². The Morgan fingerprint density at radius 1 is 1.56 bits per heavy atom. The molecule has 88 valence electrons. The van der Waals surface area contributed by atoms with Gasteiger partial charge in [0.15, 0.2) is 0 Å². The van der Waals surface area contributed by atoms with E-state index in [1.54, 1.807) is 6.08 Å². The molecule has 0 aliphatic heterocycles. The maximum Gasteiger partial charge on any atom is 0.120 e. The standard InChI is InChI=1S/C13H18BrNO/c1-4-10(3)16-12-6-7-13(14)11(8-12)9-15-5-2/h4,6-8,10,15H,1,5,9H2,2-3H3. The van der Waals surface area contributed by atoms with Gasteiger partial charge in [0.2, 0.25) is 0 Å². The molecule has 1 N–H and O–H groups in total. The summed E-state index contributed by atoms with van der Waals surface area (Å²) in [6, 6.07) is 6.02. The monoisotopic (exact) mass is 283 g/mol. The predicted molar refractivity (Wildman–Crippen MR) is 71.8 cm³/mol. The summed E-state index contributed by atoms with van der Waals surface area (Å²) in [6.45, 7) is 9.57. The highest BCUT2D eigenvalue weighted by atomic mass is 79.9. The smallest absolute Gasteiger partial charge is 0.120 e. The van der Waals surface area contributed by atoms with E-state index in [2.05, 4.69) is 34.7 Å². The lowest BCUT2D eigenvalue weighted by Crippen LogP contribution is -2.13. The van der Waals surface area contributed by atoms with Gasteiger partial charge in [0.25, 0.3) is 0 Å². The molecule has 0 saturated heterocycles. The molecule has 1 aromatic carbocycles. The van der Waals surface area contributed by atoms with Gasteiger partial charge in [-0.1, -0.05) is 35.5 Å². The van der Waals surface area contributed by atoms with Crippen molar-refractivity contribution in [2.75, 3.05) is 6.54 Å². The highest BCUT2D eigenvalue weighted by Crippen LogP contribution is 2.23. The normalized spacial score (nSPS) is 12.2. The summed E-state index contributed by atoms with van der Waals surface area (Å²) in [5.74, 6) is 0.878. The maximum absolute atomic E-state index is 5.67. The van der Waals surface area contributed by atoms with Gasteiger partial charge in [0, 0.05) is 11.0 Å². The number of nitrogens with one attached hydrogen (secondary N) is 1. The molecule has 0 bridgehead atoms. The number of hydrogen-bond acceptors (Lipinski definition) is 2. The Kier molecular flexibility index (Phi) is 5.56. The third kappa shape index (κ3) is 3.99. The molecular weight excluding hydrogens is 266 g/mol. The summed E-state index contributed by atoms with van der Waals surface area (Å²) in [4.78, 5) is 0. The predicted octanol–water partition coefficient (Wildman–Crippen LogP) is 3.51. The van der Waals surface area contributed by atoms with E-state index in [1.807, 2.05) is 25.1 Å². The quantitative estimate of drug-likeness (QED) is 0.807. The Morgan fingerprint density at radius 2 is 2.31 bits per heavy atom. The van der Waals surface area contributed by atoms with Crippen molar-refractivity contribution < 1.29 is 4.74 Å². The Hall–Kier alpha value is -0.800. The van der Waals surface area contributed by atoms with E-state index in [0.29, 0.717) is 0 Å². The van der Waals surface area contributed by atoms with Crippen molar-refractivity contribution >= 4 is 15.9 Å². The molecule has 1 aromatic rings. The zero-order valence-corrected chi connectivity index (χ0v) is 11.4. The molecule has 0 heterocycles. The van der Waals surface area contributed by atoms with E-state index in [-0.39, 0.29) is 6.10 Å². The molecule has 0 fully saturated rings. The third-order valence-corrected chi connectivity index (χ3v) is 3.01. The van der Waals surface area contributed by atoms with Gasteiger partial charge < -0.3 is 10.1 Å². The average molecular weight is 284 g/mol. The van der Waals surface area contributed by atoms with Crippen molar-refractivity contribution in [2.24, 2.45) is 0 Å². The van der Waals surface area contributed by atoms with Crippen molar-refractivity contribution in [3.8, 4) is 5.75 Å². The molecule has 1 rings (SSSR count). The lowest BCUT2D eigenvalue weighted by molar-refractivity contribution is 0.270. The first-order chi connectivity index (χ1) is 7.67. The van der Waals surface area contributed by atoms with E-state index in [1.165, 1.54) is 5.56 Å². The van der Waals surface area contributed by atoms with Crippen LogP contribution in [0.4, 0.5) is 0 Å². The molecule has 0 aromatic heterocycles. The number of halogens is 1. The summed E-state index contributed by atoms with van der Waals surface area (Å²) in [5, 5.41) is 3.29. The first-order valence-corrected chi connectivity index (χ1v) is 6.25. The Bertz CT molecular complexity index is 352. The summed E-state index contributed by atoms with van der Waals surface area (Å²) in [5.41, 5.74) is 1.20. The fraction of sp³-hybridized carbons (Fsp3) is 0.385. The second-order valence-corrected chi connectivity index (χ2v) is 4.45. The third-order valence-electron chi connectivity index (χ3n) is 2.24. The molecule has 0 amide bonds. The lowest BCUT2D eigenvalue weighted by Gasteiger charge is -2.13. The molecular formula is C13H18BrNO. The minimum atomic E-state index is 0.0353. The van der Waals surface area contributed by atoms with Gasteiger partial charge >= 0.3 is 0 Å². The fourth-order valence-electron chi connectivity index (χ4n) is 1.28. The molecule has 16 heavy (non-hydrogen) atoms. The van der Waals surface area contributed by atoms with Crippen LogP contribution >= 0.6 is 15.9 Å². The summed E-state index contributed by atoms with van der Waals surface area (Å²) >= 11 is 3.53.